The van der Waals surface area contributed by atoms with E-state index < -0.39 is 0 Å². The predicted molar refractivity (Wildman–Crippen MR) is 104 cm³/mol. The topological polar surface area (TPSA) is 84.7 Å². The number of hydrogen-bond donors (Lipinski definition) is 1. The Morgan fingerprint density at radius 3 is 3.07 bits per heavy atom. The number of benzene rings is 1. The highest BCUT2D eigenvalue weighted by Crippen LogP contribution is 2.34. The number of rotatable bonds is 6. The van der Waals surface area contributed by atoms with E-state index in [1.165, 1.54) is 6.07 Å². The van der Waals surface area contributed by atoms with Gasteiger partial charge in [-0.2, -0.15) is 0 Å². The molecule has 0 spiro atoms. The van der Waals surface area contributed by atoms with Crippen LogP contribution in [0.3, 0.4) is 0 Å². The maximum Gasteiger partial charge on any atom is 0.230 e. The van der Waals surface area contributed by atoms with E-state index in [-0.39, 0.29) is 24.2 Å². The van der Waals surface area contributed by atoms with E-state index in [1.807, 2.05) is 6.92 Å². The molecule has 1 aromatic carbocycles. The number of anilines is 2. The van der Waals surface area contributed by atoms with Gasteiger partial charge < -0.3 is 15.0 Å². The molecule has 29 heavy (non-hydrogen) atoms. The molecule has 0 radical (unpaired) electrons. The monoisotopic (exact) mass is 396 g/mol. The summed E-state index contributed by atoms with van der Waals surface area (Å²) in [4.78, 5) is 18.8. The Hall–Kier alpha value is -3.23. The first-order valence-corrected chi connectivity index (χ1v) is 9.84. The molecule has 3 aromatic rings. The minimum Gasteiger partial charge on any atom is -0.493 e. The molecule has 1 aliphatic heterocycles. The highest BCUT2D eigenvalue weighted by molar-refractivity contribution is 5.99. The van der Waals surface area contributed by atoms with Crippen LogP contribution in [0, 0.1) is 11.7 Å². The van der Waals surface area contributed by atoms with Crippen LogP contribution in [0.25, 0.3) is 5.65 Å². The average molecular weight is 396 g/mol. The number of carbonyl (C=O) groups is 1. The lowest BCUT2D eigenvalue weighted by Gasteiger charge is -2.21. The van der Waals surface area contributed by atoms with Crippen molar-refractivity contribution in [1.82, 2.24) is 19.6 Å². The number of hydrogen-bond acceptors (Lipinski definition) is 6. The molecule has 0 saturated heterocycles. The first-order valence-electron chi connectivity index (χ1n) is 9.84. The number of nitrogens with one attached hydrogen (secondary N) is 1. The number of fused-ring (bicyclic) bond motifs is 2. The van der Waals surface area contributed by atoms with Crippen LogP contribution in [0.5, 0.6) is 5.75 Å². The van der Waals surface area contributed by atoms with Gasteiger partial charge in [0.15, 0.2) is 5.65 Å². The van der Waals surface area contributed by atoms with Crippen molar-refractivity contribution in [3.05, 3.63) is 41.6 Å². The van der Waals surface area contributed by atoms with E-state index in [1.54, 1.807) is 27.9 Å². The van der Waals surface area contributed by atoms with E-state index in [2.05, 4.69) is 20.5 Å². The van der Waals surface area contributed by atoms with Crippen molar-refractivity contribution in [3.8, 4) is 5.75 Å². The molecule has 0 atom stereocenters. The van der Waals surface area contributed by atoms with Gasteiger partial charge in [0.05, 0.1) is 12.8 Å². The SMILES string of the molecule is CCN(C(=O)C1CC1)c1cnc(NCc2c(F)ccc3c2CCO3)n2cnnc12. The van der Waals surface area contributed by atoms with Gasteiger partial charge in [0.1, 0.15) is 23.6 Å². The Balaban J connectivity index is 1.45. The molecule has 8 nitrogen and oxygen atoms in total. The molecule has 0 unspecified atom stereocenters. The summed E-state index contributed by atoms with van der Waals surface area (Å²) in [5, 5.41) is 11.4. The number of amides is 1. The molecule has 1 N–H and O–H groups in total. The van der Waals surface area contributed by atoms with Crippen molar-refractivity contribution < 1.29 is 13.9 Å². The molecule has 1 fully saturated rings. The number of ether oxygens (including phenoxy) is 1. The van der Waals surface area contributed by atoms with E-state index in [9.17, 15) is 9.18 Å². The number of halogens is 1. The van der Waals surface area contributed by atoms with Crippen LogP contribution < -0.4 is 15.0 Å². The van der Waals surface area contributed by atoms with Crippen molar-refractivity contribution in [2.45, 2.75) is 32.7 Å². The second kappa shape index (κ2) is 6.98. The third kappa shape index (κ3) is 3.06. The van der Waals surface area contributed by atoms with Crippen molar-refractivity contribution in [2.75, 3.05) is 23.4 Å². The fraction of sp³-hybridized carbons (Fsp3) is 0.400. The summed E-state index contributed by atoms with van der Waals surface area (Å²) in [5.74, 6) is 1.14. The summed E-state index contributed by atoms with van der Waals surface area (Å²) < 4.78 is 21.6. The van der Waals surface area contributed by atoms with Crippen molar-refractivity contribution in [2.24, 2.45) is 5.92 Å². The smallest absolute Gasteiger partial charge is 0.230 e. The molecular weight excluding hydrogens is 375 g/mol. The van der Waals surface area contributed by atoms with Crippen LogP contribution in [0.15, 0.2) is 24.7 Å². The van der Waals surface area contributed by atoms with Crippen LogP contribution in [0.1, 0.15) is 30.9 Å². The van der Waals surface area contributed by atoms with Gasteiger partial charge in [0.2, 0.25) is 11.9 Å². The molecule has 0 bridgehead atoms. The molecule has 3 heterocycles. The van der Waals surface area contributed by atoms with Gasteiger partial charge in [0, 0.05) is 36.6 Å². The molecule has 2 aliphatic rings. The molecule has 2 aromatic heterocycles. The summed E-state index contributed by atoms with van der Waals surface area (Å²) in [6.45, 7) is 3.29. The minimum absolute atomic E-state index is 0.0982. The molecule has 150 valence electrons. The second-order valence-corrected chi connectivity index (χ2v) is 7.30. The van der Waals surface area contributed by atoms with Crippen molar-refractivity contribution >= 4 is 23.2 Å². The van der Waals surface area contributed by atoms with Gasteiger partial charge in [-0.3, -0.25) is 4.79 Å². The summed E-state index contributed by atoms with van der Waals surface area (Å²) in [6, 6.07) is 3.09. The summed E-state index contributed by atoms with van der Waals surface area (Å²) >= 11 is 0. The zero-order chi connectivity index (χ0) is 20.0. The third-order valence-electron chi connectivity index (χ3n) is 5.48. The number of aromatic nitrogens is 4. The van der Waals surface area contributed by atoms with Gasteiger partial charge >= 0.3 is 0 Å². The van der Waals surface area contributed by atoms with Crippen LogP contribution in [0.4, 0.5) is 16.0 Å². The Labute approximate surface area is 166 Å². The normalized spacial score (nSPS) is 15.2. The fourth-order valence-corrected chi connectivity index (χ4v) is 3.80. The Kier molecular flexibility index (Phi) is 4.30. The summed E-state index contributed by atoms with van der Waals surface area (Å²) in [7, 11) is 0. The first-order chi connectivity index (χ1) is 14.2. The molecular formula is C20H21FN6O2. The second-order valence-electron chi connectivity index (χ2n) is 7.30. The van der Waals surface area contributed by atoms with Gasteiger partial charge in [-0.25, -0.2) is 13.8 Å². The van der Waals surface area contributed by atoms with Crippen LogP contribution in [-0.4, -0.2) is 38.6 Å². The zero-order valence-electron chi connectivity index (χ0n) is 16.1. The first kappa shape index (κ1) is 17.8. The highest BCUT2D eigenvalue weighted by atomic mass is 19.1. The van der Waals surface area contributed by atoms with E-state index >= 15 is 0 Å². The third-order valence-corrected chi connectivity index (χ3v) is 5.48. The highest BCUT2D eigenvalue weighted by Gasteiger charge is 2.34. The average Bonchev–Trinajstić information content (AvgIpc) is 3.26. The van der Waals surface area contributed by atoms with E-state index in [0.717, 1.165) is 24.2 Å². The van der Waals surface area contributed by atoms with Gasteiger partial charge in [0.25, 0.3) is 0 Å². The van der Waals surface area contributed by atoms with E-state index in [0.29, 0.717) is 42.4 Å². The zero-order valence-corrected chi connectivity index (χ0v) is 16.1. The number of carbonyl (C=O) groups excluding carboxylic acids is 1. The van der Waals surface area contributed by atoms with Crippen molar-refractivity contribution in [1.29, 1.82) is 0 Å². The Morgan fingerprint density at radius 2 is 2.28 bits per heavy atom. The minimum atomic E-state index is -0.273. The summed E-state index contributed by atoms with van der Waals surface area (Å²) in [5.41, 5.74) is 2.64. The Morgan fingerprint density at radius 1 is 1.41 bits per heavy atom. The molecule has 9 heteroatoms. The standard InChI is InChI=1S/C20H21FN6O2/c1-2-26(19(28)12-3-4-12)16-10-23-20(27-11-24-25-18(16)27)22-9-14-13-7-8-29-17(13)6-5-15(14)21/h5-6,10-12H,2-4,7-9H2,1H3,(H,22,23). The van der Waals surface area contributed by atoms with Gasteiger partial charge in [-0.05, 0) is 31.9 Å². The largest absolute Gasteiger partial charge is 0.493 e. The lowest BCUT2D eigenvalue weighted by atomic mass is 10.0. The van der Waals surface area contributed by atoms with Gasteiger partial charge in [-0.1, -0.05) is 0 Å². The quantitative estimate of drug-likeness (QED) is 0.689. The van der Waals surface area contributed by atoms with E-state index in [4.69, 9.17) is 4.74 Å². The fourth-order valence-electron chi connectivity index (χ4n) is 3.80. The van der Waals surface area contributed by atoms with Crippen LogP contribution in [-0.2, 0) is 17.8 Å². The summed E-state index contributed by atoms with van der Waals surface area (Å²) in [6.07, 6.45) is 5.72. The van der Waals surface area contributed by atoms with Crippen LogP contribution >= 0.6 is 0 Å². The Bertz CT molecular complexity index is 1090. The van der Waals surface area contributed by atoms with Crippen molar-refractivity contribution in [3.63, 3.8) is 0 Å². The maximum atomic E-state index is 14.4. The predicted octanol–water partition coefficient (Wildman–Crippen LogP) is 2.57. The van der Waals surface area contributed by atoms with Crippen LogP contribution in [0.2, 0.25) is 0 Å². The molecule has 1 saturated carbocycles. The van der Waals surface area contributed by atoms with Gasteiger partial charge in [-0.15, -0.1) is 10.2 Å². The molecule has 5 rings (SSSR count). The number of nitrogens with zero attached hydrogens (tertiary/aromatic N) is 5. The lowest BCUT2D eigenvalue weighted by molar-refractivity contribution is -0.119. The maximum absolute atomic E-state index is 14.4. The molecule has 1 amide bonds. The molecule has 1 aliphatic carbocycles. The lowest BCUT2D eigenvalue weighted by Crippen LogP contribution is -2.32.